The van der Waals surface area contributed by atoms with Gasteiger partial charge in [0.2, 0.25) is 0 Å². The first-order valence-electron chi connectivity index (χ1n) is 4.84. The van der Waals surface area contributed by atoms with Gasteiger partial charge in [-0.2, -0.15) is 0 Å². The summed E-state index contributed by atoms with van der Waals surface area (Å²) in [5.41, 5.74) is 1.27. The number of ether oxygens (including phenoxy) is 1. The molecule has 0 aliphatic rings. The van der Waals surface area contributed by atoms with Gasteiger partial charge >= 0.3 is 118 Å². The molecule has 1 aromatic carbocycles. The van der Waals surface area contributed by atoms with Crippen LogP contribution in [0.5, 0.6) is 0 Å². The number of carbonyl (C=O) groups is 1. The second-order valence-corrected chi connectivity index (χ2v) is 9.17. The maximum atomic E-state index is 13.2. The van der Waals surface area contributed by atoms with Crippen molar-refractivity contribution in [3.8, 4) is 0 Å². The van der Waals surface area contributed by atoms with Crippen molar-refractivity contribution in [3.05, 3.63) is 29.6 Å². The Labute approximate surface area is 118 Å². The van der Waals surface area contributed by atoms with E-state index in [0.29, 0.717) is 11.3 Å². The Morgan fingerprint density at radius 2 is 2.22 bits per heavy atom. The van der Waals surface area contributed by atoms with E-state index < -0.39 is 13.5 Å². The van der Waals surface area contributed by atoms with Crippen LogP contribution in [0.25, 0.3) is 0 Å². The Hall–Kier alpha value is -0.507. The van der Waals surface area contributed by atoms with Crippen LogP contribution in [0.2, 0.25) is 0 Å². The van der Waals surface area contributed by atoms with E-state index >= 15 is 0 Å². The van der Waals surface area contributed by atoms with Crippen LogP contribution in [0, 0.1) is 5.82 Å². The SMILES string of the molecule is COC(=O)CN(C)c1ccc(F)cc1[CH]=[Ru]([Cl])[Cl]. The van der Waals surface area contributed by atoms with Crippen molar-refractivity contribution in [1.29, 1.82) is 0 Å². The van der Waals surface area contributed by atoms with Gasteiger partial charge in [0.15, 0.2) is 0 Å². The number of hydrogen-bond acceptors (Lipinski definition) is 3. The second-order valence-electron chi connectivity index (χ2n) is 3.44. The first-order chi connectivity index (χ1) is 8.43. The third-order valence-corrected chi connectivity index (χ3v) is 4.01. The number of carbonyl (C=O) groups excluding carboxylic acids is 1. The van der Waals surface area contributed by atoms with Crippen LogP contribution in [0.3, 0.4) is 0 Å². The summed E-state index contributed by atoms with van der Waals surface area (Å²) in [5, 5.41) is 0. The zero-order valence-corrected chi connectivity index (χ0v) is 13.0. The number of nitrogens with zero attached hydrogens (tertiary/aromatic N) is 1. The number of likely N-dealkylation sites (N-methyl/N-ethyl adjacent to an activating group) is 1. The molecule has 1 rings (SSSR count). The van der Waals surface area contributed by atoms with Crippen molar-refractivity contribution in [1.82, 2.24) is 0 Å². The molecule has 0 atom stereocenters. The van der Waals surface area contributed by atoms with Gasteiger partial charge in [-0.3, -0.25) is 0 Å². The van der Waals surface area contributed by atoms with Gasteiger partial charge in [-0.15, -0.1) is 0 Å². The van der Waals surface area contributed by atoms with E-state index in [4.69, 9.17) is 19.4 Å². The Bertz CT molecular complexity index is 478. The van der Waals surface area contributed by atoms with E-state index in [1.165, 1.54) is 19.2 Å². The number of anilines is 1. The summed E-state index contributed by atoms with van der Waals surface area (Å²) in [6, 6.07) is 4.24. The number of hydrogen-bond donors (Lipinski definition) is 0. The van der Waals surface area contributed by atoms with E-state index in [1.54, 1.807) is 22.6 Å². The fraction of sp³-hybridized carbons (Fsp3) is 0.273. The molecule has 0 radical (unpaired) electrons. The molecule has 0 aliphatic carbocycles. The zero-order chi connectivity index (χ0) is 13.7. The van der Waals surface area contributed by atoms with Gasteiger partial charge in [0.1, 0.15) is 0 Å². The summed E-state index contributed by atoms with van der Waals surface area (Å²) in [6.45, 7) is 0.0697. The molecule has 0 heterocycles. The molecule has 0 spiro atoms. The Kier molecular flexibility index (Phi) is 6.20. The molecule has 0 unspecified atom stereocenters. The van der Waals surface area contributed by atoms with Gasteiger partial charge < -0.3 is 0 Å². The number of methoxy groups -OCH3 is 1. The summed E-state index contributed by atoms with van der Waals surface area (Å²) in [7, 11) is 14.6. The molecule has 0 amide bonds. The fourth-order valence-corrected chi connectivity index (χ4v) is 3.18. The fourth-order valence-electron chi connectivity index (χ4n) is 1.38. The van der Waals surface area contributed by atoms with Gasteiger partial charge in [0, 0.05) is 0 Å². The third kappa shape index (κ3) is 4.64. The van der Waals surface area contributed by atoms with Crippen molar-refractivity contribution in [2.75, 3.05) is 25.6 Å². The van der Waals surface area contributed by atoms with E-state index in [0.717, 1.165) is 0 Å². The van der Waals surface area contributed by atoms with Crippen molar-refractivity contribution in [2.24, 2.45) is 0 Å². The summed E-state index contributed by atoms with van der Waals surface area (Å²) in [6.07, 6.45) is 0. The molecule has 0 saturated carbocycles. The molecular weight excluding hydrogens is 369 g/mol. The van der Waals surface area contributed by atoms with E-state index in [-0.39, 0.29) is 18.3 Å². The average molecular weight is 381 g/mol. The predicted molar refractivity (Wildman–Crippen MR) is 68.6 cm³/mol. The Morgan fingerprint density at radius 1 is 1.56 bits per heavy atom. The van der Waals surface area contributed by atoms with E-state index in [9.17, 15) is 9.18 Å². The van der Waals surface area contributed by atoms with Gasteiger partial charge in [-0.05, 0) is 0 Å². The maximum absolute atomic E-state index is 13.2. The van der Waals surface area contributed by atoms with E-state index in [2.05, 4.69) is 4.74 Å². The summed E-state index contributed by atoms with van der Waals surface area (Å²) >= 11 is -2.06. The quantitative estimate of drug-likeness (QED) is 0.593. The molecule has 0 N–H and O–H groups in total. The van der Waals surface area contributed by atoms with E-state index in [1.807, 2.05) is 0 Å². The summed E-state index contributed by atoms with van der Waals surface area (Å²) < 4.78 is 19.4. The van der Waals surface area contributed by atoms with Crippen LogP contribution in [0.1, 0.15) is 5.56 Å². The number of halogens is 3. The van der Waals surface area contributed by atoms with Crippen LogP contribution in [0.15, 0.2) is 18.2 Å². The molecule has 18 heavy (non-hydrogen) atoms. The molecule has 1 aromatic rings. The van der Waals surface area contributed by atoms with Crippen molar-refractivity contribution >= 4 is 35.6 Å². The number of esters is 1. The Morgan fingerprint density at radius 3 is 2.78 bits per heavy atom. The molecule has 7 heteroatoms. The molecule has 0 saturated heterocycles. The molecule has 3 nitrogen and oxygen atoms in total. The Balaban J connectivity index is 3.07. The number of benzene rings is 1. The van der Waals surface area contributed by atoms with Gasteiger partial charge in [0.25, 0.3) is 0 Å². The average Bonchev–Trinajstić information content (AvgIpc) is 2.27. The summed E-state index contributed by atoms with van der Waals surface area (Å²) in [4.78, 5) is 12.9. The van der Waals surface area contributed by atoms with Crippen LogP contribution in [-0.2, 0) is 23.0 Å². The van der Waals surface area contributed by atoms with Gasteiger partial charge in [0.05, 0.1) is 0 Å². The first kappa shape index (κ1) is 15.6. The molecule has 0 fully saturated rings. The molecule has 0 bridgehead atoms. The third-order valence-electron chi connectivity index (χ3n) is 2.18. The topological polar surface area (TPSA) is 29.5 Å². The van der Waals surface area contributed by atoms with Crippen molar-refractivity contribution in [2.45, 2.75) is 0 Å². The zero-order valence-electron chi connectivity index (χ0n) is 9.77. The molecule has 0 aromatic heterocycles. The second kappa shape index (κ2) is 7.17. The van der Waals surface area contributed by atoms with Crippen molar-refractivity contribution in [3.63, 3.8) is 0 Å². The number of rotatable bonds is 4. The first-order valence-corrected chi connectivity index (χ1v) is 10.3. The minimum atomic E-state index is -2.06. The molecular formula is C11H12Cl2FNO2Ru. The van der Waals surface area contributed by atoms with Crippen LogP contribution in [-0.4, -0.2) is 31.3 Å². The van der Waals surface area contributed by atoms with Gasteiger partial charge in [-0.25, -0.2) is 0 Å². The standard InChI is InChI=1S/C11H12FNO2.2ClH.Ru/c1-8-6-9(12)4-5-10(8)13(2)7-11(14)15-3;;;/h1,4-6H,7H2,2-3H3;2*1H;/q;;;+2/p-2. The summed E-state index contributed by atoms with van der Waals surface area (Å²) in [5.74, 6) is -0.751. The normalized spacial score (nSPS) is 10.8. The van der Waals surface area contributed by atoms with Crippen LogP contribution in [0.4, 0.5) is 10.1 Å². The predicted octanol–water partition coefficient (Wildman–Crippen LogP) is 2.51. The molecule has 0 aliphatic heterocycles. The van der Waals surface area contributed by atoms with Crippen LogP contribution >= 0.6 is 19.4 Å². The van der Waals surface area contributed by atoms with Gasteiger partial charge in [-0.1, -0.05) is 0 Å². The minimum absolute atomic E-state index is 0.0697. The monoisotopic (exact) mass is 381 g/mol. The van der Waals surface area contributed by atoms with Crippen LogP contribution < -0.4 is 4.90 Å². The van der Waals surface area contributed by atoms with Crippen molar-refractivity contribution < 1.29 is 27.4 Å². The molecule has 102 valence electrons.